The van der Waals surface area contributed by atoms with Crippen molar-refractivity contribution in [3.8, 4) is 5.75 Å². The number of hydrogen-bond acceptors (Lipinski definition) is 4. The van der Waals surface area contributed by atoms with Gasteiger partial charge in [0.2, 0.25) is 5.76 Å². The molecule has 1 aliphatic rings. The molecule has 24 heavy (non-hydrogen) atoms. The molecule has 0 atom stereocenters. The first-order valence-electron chi connectivity index (χ1n) is 8.42. The first kappa shape index (κ1) is 16.6. The minimum absolute atomic E-state index is 0.0735. The van der Waals surface area contributed by atoms with Crippen LogP contribution >= 0.6 is 0 Å². The average Bonchev–Trinajstić information content (AvgIpc) is 2.83. The van der Waals surface area contributed by atoms with Gasteiger partial charge in [-0.05, 0) is 43.0 Å². The predicted molar refractivity (Wildman–Crippen MR) is 91.4 cm³/mol. The molecule has 0 unspecified atom stereocenters. The van der Waals surface area contributed by atoms with Crippen molar-refractivity contribution in [2.45, 2.75) is 46.1 Å². The zero-order valence-electron chi connectivity index (χ0n) is 14.8. The highest BCUT2D eigenvalue weighted by Gasteiger charge is 2.26. The molecule has 2 aromatic rings. The van der Waals surface area contributed by atoms with Crippen molar-refractivity contribution >= 4 is 5.91 Å². The van der Waals surface area contributed by atoms with Gasteiger partial charge in [-0.15, -0.1) is 0 Å². The van der Waals surface area contributed by atoms with Crippen molar-refractivity contribution in [1.82, 2.24) is 9.88 Å². The summed E-state index contributed by atoms with van der Waals surface area (Å²) in [7, 11) is 1.67. The van der Waals surface area contributed by atoms with Crippen molar-refractivity contribution < 1.29 is 13.9 Å². The first-order valence-corrected chi connectivity index (χ1v) is 8.42. The van der Waals surface area contributed by atoms with Crippen molar-refractivity contribution in [2.24, 2.45) is 0 Å². The number of carbonyl (C=O) groups is 1. The molecule has 0 bridgehead atoms. The monoisotopic (exact) mass is 328 g/mol. The standard InChI is InChI=1S/C19H24N2O3/c1-12(2)18-20-13(3)17(24-18)19(22)21-9-5-6-14-10-16(23-4)8-7-15(14)11-21/h7-8,10,12H,5-6,9,11H2,1-4H3. The molecule has 2 heterocycles. The SMILES string of the molecule is COc1ccc2c(c1)CCCN(C(=O)c1oc(C(C)C)nc1C)C2. The molecule has 0 radical (unpaired) electrons. The maximum absolute atomic E-state index is 12.9. The molecule has 5 nitrogen and oxygen atoms in total. The minimum Gasteiger partial charge on any atom is -0.497 e. The zero-order chi connectivity index (χ0) is 17.3. The number of rotatable bonds is 3. The zero-order valence-corrected chi connectivity index (χ0v) is 14.8. The summed E-state index contributed by atoms with van der Waals surface area (Å²) in [5.74, 6) is 1.95. The molecule has 128 valence electrons. The Bertz CT molecular complexity index is 749. The lowest BCUT2D eigenvalue weighted by atomic mass is 10.0. The number of amides is 1. The molecule has 5 heteroatoms. The Kier molecular flexibility index (Phi) is 4.60. The second kappa shape index (κ2) is 6.67. The summed E-state index contributed by atoms with van der Waals surface area (Å²) in [6.45, 7) is 7.16. The lowest BCUT2D eigenvalue weighted by molar-refractivity contribution is 0.0710. The fourth-order valence-electron chi connectivity index (χ4n) is 3.04. The number of ether oxygens (including phenoxy) is 1. The van der Waals surface area contributed by atoms with Gasteiger partial charge < -0.3 is 14.1 Å². The summed E-state index contributed by atoms with van der Waals surface area (Å²) in [6.07, 6.45) is 1.87. The summed E-state index contributed by atoms with van der Waals surface area (Å²) in [4.78, 5) is 19.2. The summed E-state index contributed by atoms with van der Waals surface area (Å²) in [5, 5.41) is 0. The minimum atomic E-state index is -0.0735. The number of benzene rings is 1. The highest BCUT2D eigenvalue weighted by molar-refractivity contribution is 5.92. The van der Waals surface area contributed by atoms with Crippen LogP contribution in [-0.2, 0) is 13.0 Å². The van der Waals surface area contributed by atoms with Gasteiger partial charge >= 0.3 is 0 Å². The van der Waals surface area contributed by atoms with Crippen LogP contribution in [0.25, 0.3) is 0 Å². The fourth-order valence-corrected chi connectivity index (χ4v) is 3.04. The third-order valence-corrected chi connectivity index (χ3v) is 4.44. The maximum atomic E-state index is 12.9. The van der Waals surface area contributed by atoms with E-state index < -0.39 is 0 Å². The molecule has 0 spiro atoms. The van der Waals surface area contributed by atoms with Crippen LogP contribution in [0.2, 0.25) is 0 Å². The van der Waals surface area contributed by atoms with E-state index in [-0.39, 0.29) is 11.8 Å². The third-order valence-electron chi connectivity index (χ3n) is 4.44. The number of methoxy groups -OCH3 is 1. The van der Waals surface area contributed by atoms with E-state index in [1.807, 2.05) is 37.8 Å². The Morgan fingerprint density at radius 2 is 2.12 bits per heavy atom. The molecule has 3 rings (SSSR count). The summed E-state index contributed by atoms with van der Waals surface area (Å²) in [5.41, 5.74) is 3.09. The summed E-state index contributed by atoms with van der Waals surface area (Å²) in [6, 6.07) is 6.07. The van der Waals surface area contributed by atoms with Gasteiger partial charge in [-0.2, -0.15) is 0 Å². The first-order chi connectivity index (χ1) is 11.5. The van der Waals surface area contributed by atoms with Gasteiger partial charge in [-0.25, -0.2) is 4.98 Å². The van der Waals surface area contributed by atoms with Gasteiger partial charge in [-0.3, -0.25) is 4.79 Å². The van der Waals surface area contributed by atoms with E-state index in [0.29, 0.717) is 30.4 Å². The van der Waals surface area contributed by atoms with Crippen molar-refractivity contribution in [3.63, 3.8) is 0 Å². The number of carbonyl (C=O) groups excluding carboxylic acids is 1. The number of nitrogens with zero attached hydrogens (tertiary/aromatic N) is 2. The van der Waals surface area contributed by atoms with Crippen LogP contribution in [0.5, 0.6) is 5.75 Å². The molecule has 1 aromatic carbocycles. The van der Waals surface area contributed by atoms with Crippen LogP contribution in [0.4, 0.5) is 0 Å². The van der Waals surface area contributed by atoms with E-state index in [0.717, 1.165) is 18.6 Å². The van der Waals surface area contributed by atoms with E-state index in [4.69, 9.17) is 9.15 Å². The van der Waals surface area contributed by atoms with E-state index >= 15 is 0 Å². The average molecular weight is 328 g/mol. The van der Waals surface area contributed by atoms with Gasteiger partial charge in [0, 0.05) is 19.0 Å². The number of hydrogen-bond donors (Lipinski definition) is 0. The number of aromatic nitrogens is 1. The van der Waals surface area contributed by atoms with Gasteiger partial charge in [-0.1, -0.05) is 19.9 Å². The summed E-state index contributed by atoms with van der Waals surface area (Å²) < 4.78 is 11.0. The van der Waals surface area contributed by atoms with E-state index in [1.165, 1.54) is 11.1 Å². The summed E-state index contributed by atoms with van der Waals surface area (Å²) >= 11 is 0. The molecule has 1 aromatic heterocycles. The Morgan fingerprint density at radius 1 is 1.33 bits per heavy atom. The van der Waals surface area contributed by atoms with Crippen LogP contribution in [0.1, 0.15) is 59.5 Å². The molecular weight excluding hydrogens is 304 g/mol. The Balaban J connectivity index is 1.85. The topological polar surface area (TPSA) is 55.6 Å². The number of aryl methyl sites for hydroxylation is 2. The highest BCUT2D eigenvalue weighted by Crippen LogP contribution is 2.26. The third kappa shape index (κ3) is 3.16. The molecule has 0 aliphatic carbocycles. The van der Waals surface area contributed by atoms with Crippen LogP contribution in [0.3, 0.4) is 0 Å². The second-order valence-electron chi connectivity index (χ2n) is 6.59. The van der Waals surface area contributed by atoms with Crippen molar-refractivity contribution in [3.05, 3.63) is 46.7 Å². The molecule has 0 N–H and O–H groups in total. The molecule has 0 saturated carbocycles. The highest BCUT2D eigenvalue weighted by atomic mass is 16.5. The Labute approximate surface area is 142 Å². The Morgan fingerprint density at radius 3 is 2.79 bits per heavy atom. The van der Waals surface area contributed by atoms with Gasteiger partial charge in [0.15, 0.2) is 5.89 Å². The van der Waals surface area contributed by atoms with Gasteiger partial charge in [0.1, 0.15) is 5.75 Å². The fraction of sp³-hybridized carbons (Fsp3) is 0.474. The van der Waals surface area contributed by atoms with E-state index in [1.54, 1.807) is 7.11 Å². The largest absolute Gasteiger partial charge is 0.497 e. The van der Waals surface area contributed by atoms with E-state index in [9.17, 15) is 4.79 Å². The molecule has 0 fully saturated rings. The lowest BCUT2D eigenvalue weighted by Gasteiger charge is -2.20. The number of oxazole rings is 1. The van der Waals surface area contributed by atoms with Gasteiger partial charge in [0.05, 0.1) is 12.8 Å². The van der Waals surface area contributed by atoms with Crippen LogP contribution in [0.15, 0.2) is 22.6 Å². The molecule has 0 saturated heterocycles. The van der Waals surface area contributed by atoms with Gasteiger partial charge in [0.25, 0.3) is 5.91 Å². The molecular formula is C19H24N2O3. The Hall–Kier alpha value is -2.30. The predicted octanol–water partition coefficient (Wildman–Crippen LogP) is 3.70. The van der Waals surface area contributed by atoms with E-state index in [2.05, 4.69) is 11.1 Å². The van der Waals surface area contributed by atoms with Crippen LogP contribution in [-0.4, -0.2) is 29.4 Å². The maximum Gasteiger partial charge on any atom is 0.291 e. The quantitative estimate of drug-likeness (QED) is 0.862. The lowest BCUT2D eigenvalue weighted by Crippen LogP contribution is -2.30. The normalized spacial score (nSPS) is 14.5. The second-order valence-corrected chi connectivity index (χ2v) is 6.59. The molecule has 1 aliphatic heterocycles. The van der Waals surface area contributed by atoms with Crippen LogP contribution < -0.4 is 4.74 Å². The van der Waals surface area contributed by atoms with Crippen LogP contribution in [0, 0.1) is 6.92 Å². The molecule has 1 amide bonds. The smallest absolute Gasteiger partial charge is 0.291 e. The van der Waals surface area contributed by atoms with Crippen molar-refractivity contribution in [2.75, 3.05) is 13.7 Å². The van der Waals surface area contributed by atoms with Crippen molar-refractivity contribution in [1.29, 1.82) is 0 Å². The number of fused-ring (bicyclic) bond motifs is 1.